The zero-order valence-corrected chi connectivity index (χ0v) is 11.5. The molecule has 1 unspecified atom stereocenters. The molecular weight excluding hydrogens is 198 g/mol. The van der Waals surface area contributed by atoms with Crippen LogP contribution < -0.4 is 5.32 Å². The summed E-state index contributed by atoms with van der Waals surface area (Å²) in [5, 5.41) is 3.68. The number of ether oxygens (including phenoxy) is 1. The van der Waals surface area contributed by atoms with Crippen LogP contribution in [0.1, 0.15) is 53.4 Å². The molecule has 0 aromatic heterocycles. The van der Waals surface area contributed by atoms with E-state index in [1.807, 2.05) is 0 Å². The van der Waals surface area contributed by atoms with Gasteiger partial charge in [-0.3, -0.25) is 0 Å². The van der Waals surface area contributed by atoms with Crippen molar-refractivity contribution in [2.24, 2.45) is 11.3 Å². The van der Waals surface area contributed by atoms with Crippen molar-refractivity contribution in [1.82, 2.24) is 5.32 Å². The first-order valence-corrected chi connectivity index (χ1v) is 6.89. The highest BCUT2D eigenvalue weighted by Gasteiger charge is 2.30. The SMILES string of the molecule is CCOCCCC(C)(CNC1CC1)C(C)C. The Kier molecular flexibility index (Phi) is 5.77. The summed E-state index contributed by atoms with van der Waals surface area (Å²) >= 11 is 0. The predicted octanol–water partition coefficient (Wildman–Crippen LogP) is 3.22. The summed E-state index contributed by atoms with van der Waals surface area (Å²) < 4.78 is 5.43. The fourth-order valence-electron chi connectivity index (χ4n) is 1.97. The molecule has 0 heterocycles. The molecule has 1 aliphatic carbocycles. The standard InChI is InChI=1S/C14H29NO/c1-5-16-10-6-9-14(4,12(2)3)11-15-13-7-8-13/h12-13,15H,5-11H2,1-4H3. The largest absolute Gasteiger partial charge is 0.382 e. The monoisotopic (exact) mass is 227 g/mol. The molecule has 1 N–H and O–H groups in total. The zero-order chi connectivity index (χ0) is 12.0. The fraction of sp³-hybridized carbons (Fsp3) is 1.00. The molecule has 0 amide bonds. The first-order chi connectivity index (χ1) is 7.58. The van der Waals surface area contributed by atoms with Crippen molar-refractivity contribution in [2.75, 3.05) is 19.8 Å². The Bertz CT molecular complexity index is 189. The van der Waals surface area contributed by atoms with Crippen molar-refractivity contribution in [3.05, 3.63) is 0 Å². The molecule has 2 nitrogen and oxygen atoms in total. The van der Waals surface area contributed by atoms with E-state index in [1.54, 1.807) is 0 Å². The molecule has 1 aliphatic rings. The molecule has 0 radical (unpaired) electrons. The Balaban J connectivity index is 2.24. The molecule has 96 valence electrons. The lowest BCUT2D eigenvalue weighted by Crippen LogP contribution is -2.37. The second-order valence-corrected chi connectivity index (χ2v) is 5.76. The van der Waals surface area contributed by atoms with Crippen molar-refractivity contribution in [3.8, 4) is 0 Å². The predicted molar refractivity (Wildman–Crippen MR) is 69.7 cm³/mol. The Morgan fingerprint density at radius 3 is 2.56 bits per heavy atom. The van der Waals surface area contributed by atoms with E-state index in [0.717, 1.165) is 25.2 Å². The van der Waals surface area contributed by atoms with Crippen LogP contribution in [0.25, 0.3) is 0 Å². The third-order valence-corrected chi connectivity index (χ3v) is 4.01. The van der Waals surface area contributed by atoms with E-state index in [0.29, 0.717) is 5.41 Å². The molecule has 1 atom stereocenters. The van der Waals surface area contributed by atoms with Crippen LogP contribution in [-0.2, 0) is 4.74 Å². The van der Waals surface area contributed by atoms with Crippen LogP contribution in [0.2, 0.25) is 0 Å². The second-order valence-electron chi connectivity index (χ2n) is 5.76. The summed E-state index contributed by atoms with van der Waals surface area (Å²) in [6.45, 7) is 12.1. The van der Waals surface area contributed by atoms with Crippen molar-refractivity contribution in [3.63, 3.8) is 0 Å². The molecule has 1 fully saturated rings. The minimum atomic E-state index is 0.430. The van der Waals surface area contributed by atoms with E-state index in [1.165, 1.54) is 32.2 Å². The van der Waals surface area contributed by atoms with Crippen LogP contribution in [0.3, 0.4) is 0 Å². The molecule has 0 bridgehead atoms. The molecule has 0 aromatic rings. The maximum atomic E-state index is 5.43. The Morgan fingerprint density at radius 2 is 2.06 bits per heavy atom. The molecule has 1 rings (SSSR count). The summed E-state index contributed by atoms with van der Waals surface area (Å²) in [7, 11) is 0. The number of rotatable bonds is 9. The van der Waals surface area contributed by atoms with Gasteiger partial charge in [-0.1, -0.05) is 20.8 Å². The third kappa shape index (κ3) is 4.84. The highest BCUT2D eigenvalue weighted by atomic mass is 16.5. The first kappa shape index (κ1) is 14.0. The van der Waals surface area contributed by atoms with E-state index >= 15 is 0 Å². The van der Waals surface area contributed by atoms with E-state index in [-0.39, 0.29) is 0 Å². The molecule has 0 spiro atoms. The van der Waals surface area contributed by atoms with Gasteiger partial charge in [-0.25, -0.2) is 0 Å². The smallest absolute Gasteiger partial charge is 0.0466 e. The van der Waals surface area contributed by atoms with E-state index in [2.05, 4.69) is 33.0 Å². The van der Waals surface area contributed by atoms with Gasteiger partial charge in [0.05, 0.1) is 0 Å². The first-order valence-electron chi connectivity index (χ1n) is 6.89. The van der Waals surface area contributed by atoms with Gasteiger partial charge in [0.2, 0.25) is 0 Å². The number of nitrogens with one attached hydrogen (secondary N) is 1. The summed E-state index contributed by atoms with van der Waals surface area (Å²) in [6.07, 6.45) is 5.22. The molecule has 0 aliphatic heterocycles. The third-order valence-electron chi connectivity index (χ3n) is 4.01. The normalized spacial score (nSPS) is 20.1. The molecule has 0 aromatic carbocycles. The van der Waals surface area contributed by atoms with Crippen molar-refractivity contribution >= 4 is 0 Å². The molecule has 1 saturated carbocycles. The van der Waals surface area contributed by atoms with Gasteiger partial charge in [-0.15, -0.1) is 0 Å². The van der Waals surface area contributed by atoms with E-state index < -0.39 is 0 Å². The zero-order valence-electron chi connectivity index (χ0n) is 11.5. The summed E-state index contributed by atoms with van der Waals surface area (Å²) in [5.74, 6) is 0.736. The minimum absolute atomic E-state index is 0.430. The van der Waals surface area contributed by atoms with Gasteiger partial charge >= 0.3 is 0 Å². The topological polar surface area (TPSA) is 21.3 Å². The van der Waals surface area contributed by atoms with Crippen molar-refractivity contribution in [1.29, 1.82) is 0 Å². The van der Waals surface area contributed by atoms with Gasteiger partial charge in [0.1, 0.15) is 0 Å². The van der Waals surface area contributed by atoms with Crippen LogP contribution in [0, 0.1) is 11.3 Å². The van der Waals surface area contributed by atoms with Gasteiger partial charge in [0.15, 0.2) is 0 Å². The van der Waals surface area contributed by atoms with E-state index in [4.69, 9.17) is 4.74 Å². The maximum absolute atomic E-state index is 5.43. The quantitative estimate of drug-likeness (QED) is 0.611. The average molecular weight is 227 g/mol. The maximum Gasteiger partial charge on any atom is 0.0466 e. The summed E-state index contributed by atoms with van der Waals surface area (Å²) in [6, 6.07) is 0.824. The van der Waals surface area contributed by atoms with Crippen LogP contribution in [0.15, 0.2) is 0 Å². The van der Waals surface area contributed by atoms with Crippen molar-refractivity contribution < 1.29 is 4.74 Å². The van der Waals surface area contributed by atoms with Gasteiger partial charge in [0.25, 0.3) is 0 Å². The molecule has 2 heteroatoms. The molecule has 16 heavy (non-hydrogen) atoms. The summed E-state index contributed by atoms with van der Waals surface area (Å²) in [4.78, 5) is 0. The summed E-state index contributed by atoms with van der Waals surface area (Å²) in [5.41, 5.74) is 0.430. The molecular formula is C14H29NO. The lowest BCUT2D eigenvalue weighted by atomic mass is 9.75. The van der Waals surface area contributed by atoms with Crippen molar-refractivity contribution in [2.45, 2.75) is 59.4 Å². The van der Waals surface area contributed by atoms with Crippen LogP contribution in [0.4, 0.5) is 0 Å². The molecule has 0 saturated heterocycles. The van der Waals surface area contributed by atoms with Gasteiger partial charge < -0.3 is 10.1 Å². The Labute approximate surface area is 101 Å². The average Bonchev–Trinajstić information content (AvgIpc) is 3.05. The van der Waals surface area contributed by atoms with Gasteiger partial charge in [-0.2, -0.15) is 0 Å². The lowest BCUT2D eigenvalue weighted by molar-refractivity contribution is 0.115. The Morgan fingerprint density at radius 1 is 1.38 bits per heavy atom. The highest BCUT2D eigenvalue weighted by Crippen LogP contribution is 2.33. The highest BCUT2D eigenvalue weighted by molar-refractivity contribution is 4.87. The second kappa shape index (κ2) is 6.61. The van der Waals surface area contributed by atoms with Gasteiger partial charge in [0, 0.05) is 25.8 Å². The van der Waals surface area contributed by atoms with E-state index in [9.17, 15) is 0 Å². The van der Waals surface area contributed by atoms with Crippen LogP contribution >= 0.6 is 0 Å². The van der Waals surface area contributed by atoms with Crippen LogP contribution in [-0.4, -0.2) is 25.8 Å². The number of hydrogen-bond donors (Lipinski definition) is 1. The van der Waals surface area contributed by atoms with Crippen LogP contribution in [0.5, 0.6) is 0 Å². The fourth-order valence-corrected chi connectivity index (χ4v) is 1.97. The Hall–Kier alpha value is -0.0800. The van der Waals surface area contributed by atoms with Gasteiger partial charge in [-0.05, 0) is 43.9 Å². The number of hydrogen-bond acceptors (Lipinski definition) is 2. The minimum Gasteiger partial charge on any atom is -0.382 e. The lowest BCUT2D eigenvalue weighted by Gasteiger charge is -2.34.